The Morgan fingerprint density at radius 1 is 1.03 bits per heavy atom. The molecule has 2 aliphatic carbocycles. The van der Waals surface area contributed by atoms with E-state index in [1.165, 1.54) is 0 Å². The molecule has 0 radical (unpaired) electrons. The number of carbonyl (C=O) groups excluding carboxylic acids is 3. The molecule has 0 aromatic carbocycles. The van der Waals surface area contributed by atoms with Gasteiger partial charge in [0.2, 0.25) is 0 Å². The fourth-order valence-corrected chi connectivity index (χ4v) is 6.08. The summed E-state index contributed by atoms with van der Waals surface area (Å²) in [5.74, 6) is -3.29. The second kappa shape index (κ2) is 9.14. The third kappa shape index (κ3) is 4.50. The molecule has 10 unspecified atom stereocenters. The van der Waals surface area contributed by atoms with Crippen LogP contribution in [0.2, 0.25) is 0 Å². The predicted octanol–water partition coefficient (Wildman–Crippen LogP) is 1.40. The van der Waals surface area contributed by atoms with Crippen molar-refractivity contribution in [1.82, 2.24) is 0 Å². The number of ether oxygens (including phenoxy) is 7. The lowest BCUT2D eigenvalue weighted by molar-refractivity contribution is -0.169. The van der Waals surface area contributed by atoms with E-state index in [0.29, 0.717) is 19.6 Å². The summed E-state index contributed by atoms with van der Waals surface area (Å²) in [5, 5.41) is 0. The molecule has 2 saturated carbocycles. The number of rotatable bonds is 8. The summed E-state index contributed by atoms with van der Waals surface area (Å²) in [6, 6.07) is 0. The molecule has 5 fully saturated rings. The van der Waals surface area contributed by atoms with Gasteiger partial charge >= 0.3 is 17.9 Å². The highest BCUT2D eigenvalue weighted by atomic mass is 16.7. The maximum absolute atomic E-state index is 13.3. The van der Waals surface area contributed by atoms with E-state index in [9.17, 15) is 14.4 Å². The largest absolute Gasteiger partial charge is 0.458 e. The van der Waals surface area contributed by atoms with Crippen LogP contribution in [0.3, 0.4) is 0 Å². The van der Waals surface area contributed by atoms with Crippen LogP contribution in [0.25, 0.3) is 0 Å². The molecule has 3 aliphatic heterocycles. The zero-order chi connectivity index (χ0) is 25.1. The van der Waals surface area contributed by atoms with Gasteiger partial charge in [0.25, 0.3) is 0 Å². The van der Waals surface area contributed by atoms with E-state index < -0.39 is 54.2 Å². The van der Waals surface area contributed by atoms with E-state index >= 15 is 0 Å². The van der Waals surface area contributed by atoms with Gasteiger partial charge in [0, 0.05) is 17.4 Å². The van der Waals surface area contributed by atoms with Crippen LogP contribution in [-0.2, 0) is 47.5 Å². The van der Waals surface area contributed by atoms with Crippen molar-refractivity contribution >= 4 is 17.9 Å². The highest BCUT2D eigenvalue weighted by molar-refractivity contribution is 5.88. The van der Waals surface area contributed by atoms with Crippen molar-refractivity contribution in [1.29, 1.82) is 0 Å². The van der Waals surface area contributed by atoms with Crippen LogP contribution in [0.4, 0.5) is 0 Å². The average molecular weight is 495 g/mol. The normalized spacial score (nSPS) is 41.1. The van der Waals surface area contributed by atoms with E-state index in [2.05, 4.69) is 27.4 Å². The van der Waals surface area contributed by atoms with Gasteiger partial charge in [-0.2, -0.15) is 0 Å². The molecule has 3 heterocycles. The van der Waals surface area contributed by atoms with Crippen LogP contribution in [0, 0.1) is 29.1 Å². The highest BCUT2D eigenvalue weighted by Gasteiger charge is 2.70. The van der Waals surface area contributed by atoms with Crippen molar-refractivity contribution in [3.63, 3.8) is 0 Å². The molecule has 10 nitrogen and oxygen atoms in total. The van der Waals surface area contributed by atoms with Crippen molar-refractivity contribution in [3.8, 4) is 0 Å². The lowest BCUT2D eigenvalue weighted by atomic mass is 9.78. The van der Waals surface area contributed by atoms with Crippen molar-refractivity contribution in [3.05, 3.63) is 12.2 Å². The Morgan fingerprint density at radius 2 is 1.71 bits per heavy atom. The van der Waals surface area contributed by atoms with Crippen molar-refractivity contribution in [2.24, 2.45) is 29.1 Å². The van der Waals surface area contributed by atoms with Gasteiger partial charge < -0.3 is 33.2 Å². The Hall–Kier alpha value is -2.01. The first-order chi connectivity index (χ1) is 16.5. The topological polar surface area (TPSA) is 116 Å². The molecular weight excluding hydrogens is 460 g/mol. The molecular formula is C25H34O10. The number of carbonyl (C=O) groups is 3. The molecule has 0 spiro atoms. The van der Waals surface area contributed by atoms with Crippen LogP contribution in [0.15, 0.2) is 12.2 Å². The number of hydrogen-bond acceptors (Lipinski definition) is 10. The van der Waals surface area contributed by atoms with Gasteiger partial charge in [0.15, 0.2) is 6.10 Å². The fourth-order valence-electron chi connectivity index (χ4n) is 6.08. The van der Waals surface area contributed by atoms with Crippen LogP contribution >= 0.6 is 0 Å². The number of esters is 3. The SMILES string of the molecule is C=C(C)C(=O)OC1C2CC3C1OC(=O)C3C2C(=O)OC1COC2C(OCOCC(C)(C)C)COC12. The zero-order valence-corrected chi connectivity index (χ0v) is 20.6. The molecule has 5 rings (SSSR count). The molecule has 0 N–H and O–H groups in total. The first-order valence-corrected chi connectivity index (χ1v) is 12.2. The summed E-state index contributed by atoms with van der Waals surface area (Å²) < 4.78 is 40.0. The van der Waals surface area contributed by atoms with E-state index in [0.717, 1.165) is 0 Å². The zero-order valence-electron chi connectivity index (χ0n) is 20.6. The molecule has 194 valence electrons. The molecule has 0 amide bonds. The summed E-state index contributed by atoms with van der Waals surface area (Å²) in [4.78, 5) is 38.0. The quantitative estimate of drug-likeness (QED) is 0.161. The second-order valence-corrected chi connectivity index (χ2v) is 11.5. The van der Waals surface area contributed by atoms with Gasteiger partial charge in [-0.25, -0.2) is 4.79 Å². The first kappa shape index (κ1) is 24.7. The van der Waals surface area contributed by atoms with Gasteiger partial charge in [0.1, 0.15) is 37.3 Å². The van der Waals surface area contributed by atoms with Crippen LogP contribution in [-0.4, -0.2) is 81.1 Å². The molecule has 5 aliphatic rings. The third-order valence-corrected chi connectivity index (χ3v) is 7.54. The minimum atomic E-state index is -0.729. The van der Waals surface area contributed by atoms with E-state index in [1.54, 1.807) is 6.92 Å². The lowest BCUT2D eigenvalue weighted by Gasteiger charge is -2.31. The molecule has 2 bridgehead atoms. The fraction of sp³-hybridized carbons (Fsp3) is 0.800. The molecule has 10 heteroatoms. The predicted molar refractivity (Wildman–Crippen MR) is 118 cm³/mol. The van der Waals surface area contributed by atoms with Crippen LogP contribution in [0.1, 0.15) is 34.1 Å². The van der Waals surface area contributed by atoms with E-state index in [1.807, 2.05) is 0 Å². The maximum Gasteiger partial charge on any atom is 0.333 e. The second-order valence-electron chi connectivity index (χ2n) is 11.5. The lowest BCUT2D eigenvalue weighted by Crippen LogP contribution is -2.45. The van der Waals surface area contributed by atoms with Gasteiger partial charge in [-0.15, -0.1) is 0 Å². The summed E-state index contributed by atoms with van der Waals surface area (Å²) in [7, 11) is 0. The Morgan fingerprint density at radius 3 is 2.40 bits per heavy atom. The number of fused-ring (bicyclic) bond motifs is 2. The maximum atomic E-state index is 13.3. The Labute approximate surface area is 204 Å². The highest BCUT2D eigenvalue weighted by Crippen LogP contribution is 2.59. The van der Waals surface area contributed by atoms with Crippen LogP contribution < -0.4 is 0 Å². The Balaban J connectivity index is 1.19. The number of hydrogen-bond donors (Lipinski definition) is 0. The van der Waals surface area contributed by atoms with Gasteiger partial charge in [-0.1, -0.05) is 27.4 Å². The van der Waals surface area contributed by atoms with Gasteiger partial charge in [-0.3, -0.25) is 9.59 Å². The molecule has 35 heavy (non-hydrogen) atoms. The molecule has 0 aromatic rings. The van der Waals surface area contributed by atoms with Crippen molar-refractivity contribution < 1.29 is 47.5 Å². The van der Waals surface area contributed by atoms with Crippen LogP contribution in [0.5, 0.6) is 0 Å². The van der Waals surface area contributed by atoms with Gasteiger partial charge in [0.05, 0.1) is 31.7 Å². The van der Waals surface area contributed by atoms with E-state index in [-0.39, 0.29) is 48.4 Å². The standard InChI is InChI=1S/C25H34O10/c1-11(2)22(26)34-18-12-6-13-17(24(28)35-19(13)18)16(12)23(27)33-15-8-31-20-14(7-30-21(15)20)32-10-29-9-25(3,4)5/h12-21H,1,6-10H2,2-5H3. The third-order valence-electron chi connectivity index (χ3n) is 7.54. The Kier molecular flexibility index (Phi) is 6.44. The minimum Gasteiger partial charge on any atom is -0.458 e. The summed E-state index contributed by atoms with van der Waals surface area (Å²) in [6.07, 6.45) is -2.36. The first-order valence-electron chi connectivity index (χ1n) is 12.2. The van der Waals surface area contributed by atoms with Gasteiger partial charge in [-0.05, 0) is 18.8 Å². The monoisotopic (exact) mass is 494 g/mol. The molecule has 10 atom stereocenters. The van der Waals surface area contributed by atoms with Crippen molar-refractivity contribution in [2.45, 2.75) is 70.7 Å². The van der Waals surface area contributed by atoms with E-state index in [4.69, 9.17) is 33.2 Å². The molecule has 0 aromatic heterocycles. The minimum absolute atomic E-state index is 0.0362. The smallest absolute Gasteiger partial charge is 0.333 e. The average Bonchev–Trinajstić information content (AvgIpc) is 3.54. The Bertz CT molecular complexity index is 893. The summed E-state index contributed by atoms with van der Waals surface area (Å²) >= 11 is 0. The summed E-state index contributed by atoms with van der Waals surface area (Å²) in [5.41, 5.74) is 0.287. The van der Waals surface area contributed by atoms with Crippen molar-refractivity contribution in [2.75, 3.05) is 26.6 Å². The summed E-state index contributed by atoms with van der Waals surface area (Å²) in [6.45, 7) is 12.6. The molecule has 3 saturated heterocycles.